The first-order valence-corrected chi connectivity index (χ1v) is 4.96. The SMILES string of the molecule is NC(=O)C1(O)CCN(C2CCOC2)C1. The van der Waals surface area contributed by atoms with E-state index >= 15 is 0 Å². The van der Waals surface area contributed by atoms with E-state index in [-0.39, 0.29) is 0 Å². The van der Waals surface area contributed by atoms with Gasteiger partial charge in [0.25, 0.3) is 5.91 Å². The summed E-state index contributed by atoms with van der Waals surface area (Å²) in [5.41, 5.74) is 3.83. The first kappa shape index (κ1) is 9.89. The third kappa shape index (κ3) is 1.63. The summed E-state index contributed by atoms with van der Waals surface area (Å²) in [5.74, 6) is -0.612. The molecule has 5 nitrogen and oxygen atoms in total. The van der Waals surface area contributed by atoms with E-state index in [0.29, 0.717) is 25.6 Å². The summed E-state index contributed by atoms with van der Waals surface area (Å²) >= 11 is 0. The molecule has 2 fully saturated rings. The van der Waals surface area contributed by atoms with Crippen LogP contribution in [0.2, 0.25) is 0 Å². The zero-order chi connectivity index (χ0) is 10.2. The third-order valence-electron chi connectivity index (χ3n) is 3.16. The van der Waals surface area contributed by atoms with Gasteiger partial charge in [0.1, 0.15) is 0 Å². The molecule has 2 heterocycles. The maximum absolute atomic E-state index is 11.0. The molecule has 1 amide bonds. The number of hydrogen-bond acceptors (Lipinski definition) is 4. The highest BCUT2D eigenvalue weighted by molar-refractivity contribution is 5.83. The number of ether oxygens (including phenoxy) is 1. The second-order valence-electron chi connectivity index (χ2n) is 4.13. The molecule has 0 bridgehead atoms. The molecule has 2 rings (SSSR count). The number of carbonyl (C=O) groups excluding carboxylic acids is 1. The smallest absolute Gasteiger partial charge is 0.250 e. The Labute approximate surface area is 82.8 Å². The van der Waals surface area contributed by atoms with Gasteiger partial charge >= 0.3 is 0 Å². The van der Waals surface area contributed by atoms with Gasteiger partial charge in [-0.3, -0.25) is 9.69 Å². The average molecular weight is 200 g/mol. The van der Waals surface area contributed by atoms with Gasteiger partial charge in [0.2, 0.25) is 0 Å². The van der Waals surface area contributed by atoms with Gasteiger partial charge in [0.05, 0.1) is 6.61 Å². The van der Waals surface area contributed by atoms with E-state index in [1.165, 1.54) is 0 Å². The highest BCUT2D eigenvalue weighted by Gasteiger charge is 2.43. The van der Waals surface area contributed by atoms with Crippen LogP contribution in [-0.4, -0.2) is 53.9 Å². The predicted octanol–water partition coefficient (Wildman–Crippen LogP) is -1.30. The molecule has 2 aliphatic rings. The molecule has 2 aliphatic heterocycles. The number of rotatable bonds is 2. The molecule has 2 saturated heterocycles. The molecule has 2 atom stereocenters. The second kappa shape index (κ2) is 3.49. The summed E-state index contributed by atoms with van der Waals surface area (Å²) in [4.78, 5) is 13.1. The van der Waals surface area contributed by atoms with Crippen LogP contribution >= 0.6 is 0 Å². The van der Waals surface area contributed by atoms with E-state index in [2.05, 4.69) is 4.90 Å². The van der Waals surface area contributed by atoms with E-state index in [1.807, 2.05) is 0 Å². The van der Waals surface area contributed by atoms with Gasteiger partial charge in [-0.2, -0.15) is 0 Å². The molecule has 2 unspecified atom stereocenters. The lowest BCUT2D eigenvalue weighted by Crippen LogP contribution is -2.47. The number of likely N-dealkylation sites (tertiary alicyclic amines) is 1. The third-order valence-corrected chi connectivity index (χ3v) is 3.16. The predicted molar refractivity (Wildman–Crippen MR) is 49.6 cm³/mol. The topological polar surface area (TPSA) is 75.8 Å². The molecule has 0 aromatic heterocycles. The fourth-order valence-corrected chi connectivity index (χ4v) is 2.15. The number of aliphatic hydroxyl groups is 1. The van der Waals surface area contributed by atoms with E-state index in [9.17, 15) is 9.90 Å². The van der Waals surface area contributed by atoms with E-state index < -0.39 is 11.5 Å². The number of amides is 1. The number of hydrogen-bond donors (Lipinski definition) is 2. The first-order chi connectivity index (χ1) is 6.62. The Morgan fingerprint density at radius 2 is 2.43 bits per heavy atom. The Morgan fingerprint density at radius 3 is 2.93 bits per heavy atom. The van der Waals surface area contributed by atoms with Gasteiger partial charge in [-0.05, 0) is 12.8 Å². The van der Waals surface area contributed by atoms with Gasteiger partial charge < -0.3 is 15.6 Å². The molecule has 0 aliphatic carbocycles. The van der Waals surface area contributed by atoms with Gasteiger partial charge in [-0.15, -0.1) is 0 Å². The number of carbonyl (C=O) groups is 1. The van der Waals surface area contributed by atoms with Crippen molar-refractivity contribution in [3.05, 3.63) is 0 Å². The van der Waals surface area contributed by atoms with Crippen LogP contribution in [0.1, 0.15) is 12.8 Å². The molecular weight excluding hydrogens is 184 g/mol. The Balaban J connectivity index is 1.96. The summed E-state index contributed by atoms with van der Waals surface area (Å²) in [7, 11) is 0. The minimum absolute atomic E-state index is 0.350. The van der Waals surface area contributed by atoms with E-state index in [0.717, 1.165) is 19.6 Å². The molecule has 0 aromatic rings. The molecular formula is C9H16N2O3. The zero-order valence-corrected chi connectivity index (χ0v) is 8.11. The average Bonchev–Trinajstić information content (AvgIpc) is 2.72. The van der Waals surface area contributed by atoms with Crippen molar-refractivity contribution in [1.82, 2.24) is 4.90 Å². The monoisotopic (exact) mass is 200 g/mol. The van der Waals surface area contributed by atoms with Crippen LogP contribution in [-0.2, 0) is 9.53 Å². The van der Waals surface area contributed by atoms with Crippen LogP contribution in [0, 0.1) is 0 Å². The number of primary amides is 1. The summed E-state index contributed by atoms with van der Waals surface area (Å²) < 4.78 is 5.26. The van der Waals surface area contributed by atoms with Crippen molar-refractivity contribution in [2.75, 3.05) is 26.3 Å². The van der Waals surface area contributed by atoms with Crippen LogP contribution in [0.5, 0.6) is 0 Å². The highest BCUT2D eigenvalue weighted by atomic mass is 16.5. The van der Waals surface area contributed by atoms with Crippen molar-refractivity contribution in [1.29, 1.82) is 0 Å². The summed E-state index contributed by atoms with van der Waals surface area (Å²) in [6, 6.07) is 0.350. The molecule has 0 aromatic carbocycles. The van der Waals surface area contributed by atoms with Crippen LogP contribution in [0.4, 0.5) is 0 Å². The molecule has 5 heteroatoms. The van der Waals surface area contributed by atoms with Crippen molar-refractivity contribution in [3.63, 3.8) is 0 Å². The molecule has 14 heavy (non-hydrogen) atoms. The first-order valence-electron chi connectivity index (χ1n) is 4.96. The maximum atomic E-state index is 11.0. The Kier molecular flexibility index (Phi) is 2.47. The van der Waals surface area contributed by atoms with Crippen LogP contribution < -0.4 is 5.73 Å². The summed E-state index contributed by atoms with van der Waals surface area (Å²) in [5, 5.41) is 9.84. The second-order valence-corrected chi connectivity index (χ2v) is 4.13. The molecule has 0 radical (unpaired) electrons. The van der Waals surface area contributed by atoms with Crippen LogP contribution in [0.15, 0.2) is 0 Å². The standard InChI is InChI=1S/C9H16N2O3/c10-8(12)9(13)2-3-11(6-9)7-1-4-14-5-7/h7,13H,1-6H2,(H2,10,12). The van der Waals surface area contributed by atoms with Crippen molar-refractivity contribution in [2.24, 2.45) is 5.73 Å². The lowest BCUT2D eigenvalue weighted by molar-refractivity contribution is -0.135. The molecule has 80 valence electrons. The normalized spacial score (nSPS) is 39.1. The highest BCUT2D eigenvalue weighted by Crippen LogP contribution is 2.25. The van der Waals surface area contributed by atoms with Crippen LogP contribution in [0.25, 0.3) is 0 Å². The van der Waals surface area contributed by atoms with E-state index in [4.69, 9.17) is 10.5 Å². The minimum atomic E-state index is -1.32. The minimum Gasteiger partial charge on any atom is -0.380 e. The lowest BCUT2D eigenvalue weighted by Gasteiger charge is -2.24. The van der Waals surface area contributed by atoms with Crippen molar-refractivity contribution in [2.45, 2.75) is 24.5 Å². The maximum Gasteiger partial charge on any atom is 0.250 e. The number of nitrogens with two attached hydrogens (primary N) is 1. The van der Waals surface area contributed by atoms with E-state index in [1.54, 1.807) is 0 Å². The zero-order valence-electron chi connectivity index (χ0n) is 8.11. The summed E-state index contributed by atoms with van der Waals surface area (Å²) in [6.07, 6.45) is 1.42. The molecule has 0 spiro atoms. The van der Waals surface area contributed by atoms with Crippen molar-refractivity contribution in [3.8, 4) is 0 Å². The van der Waals surface area contributed by atoms with Gasteiger partial charge in [0.15, 0.2) is 5.60 Å². The fourth-order valence-electron chi connectivity index (χ4n) is 2.15. The number of β-amino-alcohol motifs (C(OH)–C–C–N with tert-alkyl or cyclic N) is 1. The fraction of sp³-hybridized carbons (Fsp3) is 0.889. The van der Waals surface area contributed by atoms with Crippen molar-refractivity contribution >= 4 is 5.91 Å². The largest absolute Gasteiger partial charge is 0.380 e. The molecule has 3 N–H and O–H groups in total. The van der Waals surface area contributed by atoms with Gasteiger partial charge in [-0.25, -0.2) is 0 Å². The number of nitrogens with zero attached hydrogens (tertiary/aromatic N) is 1. The van der Waals surface area contributed by atoms with Gasteiger partial charge in [0, 0.05) is 25.7 Å². The van der Waals surface area contributed by atoms with Gasteiger partial charge in [-0.1, -0.05) is 0 Å². The van der Waals surface area contributed by atoms with Crippen LogP contribution in [0.3, 0.4) is 0 Å². The lowest BCUT2D eigenvalue weighted by atomic mass is 10.0. The molecule has 0 saturated carbocycles. The summed E-state index contributed by atoms with van der Waals surface area (Å²) in [6.45, 7) is 2.56. The Morgan fingerprint density at radius 1 is 1.64 bits per heavy atom. The quantitative estimate of drug-likeness (QED) is 0.581. The van der Waals surface area contributed by atoms with Crippen molar-refractivity contribution < 1.29 is 14.6 Å². The Hall–Kier alpha value is -0.650. The Bertz CT molecular complexity index is 240.